The number of nitrogens with one attached hydrogen (secondary N) is 3. The largest absolute Gasteiger partial charge is 0.444 e. The molecule has 0 spiro atoms. The summed E-state index contributed by atoms with van der Waals surface area (Å²) in [6.07, 6.45) is 0.403. The van der Waals surface area contributed by atoms with Gasteiger partial charge < -0.3 is 20.7 Å². The van der Waals surface area contributed by atoms with Crippen LogP contribution >= 0.6 is 0 Å². The summed E-state index contributed by atoms with van der Waals surface area (Å²) in [5.74, 6) is 0.605. The average molecular weight is 378 g/mol. The van der Waals surface area contributed by atoms with E-state index in [-0.39, 0.29) is 17.8 Å². The molecule has 3 N–H and O–H groups in total. The predicted octanol–water partition coefficient (Wildman–Crippen LogP) is 3.15. The molecule has 27 heavy (non-hydrogen) atoms. The van der Waals surface area contributed by atoms with Crippen molar-refractivity contribution in [2.24, 2.45) is 4.99 Å². The van der Waals surface area contributed by atoms with Crippen LogP contribution in [0.1, 0.15) is 52.5 Å². The molecule has 7 heteroatoms. The molecule has 0 aromatic heterocycles. The third-order valence-corrected chi connectivity index (χ3v) is 4.18. The smallest absolute Gasteiger partial charge is 0.408 e. The average Bonchev–Trinajstić information content (AvgIpc) is 3.28. The lowest BCUT2D eigenvalue weighted by Crippen LogP contribution is -2.54. The molecule has 0 heterocycles. The van der Waals surface area contributed by atoms with Crippen LogP contribution in [0.3, 0.4) is 0 Å². The second-order valence-corrected chi connectivity index (χ2v) is 8.55. The summed E-state index contributed by atoms with van der Waals surface area (Å²) in [6, 6.07) is 7.01. The van der Waals surface area contributed by atoms with Gasteiger partial charge in [-0.1, -0.05) is 18.2 Å². The van der Waals surface area contributed by atoms with E-state index in [4.69, 9.17) is 4.74 Å². The van der Waals surface area contributed by atoms with Crippen LogP contribution in [0.4, 0.5) is 9.18 Å². The molecule has 2 atom stereocenters. The first-order chi connectivity index (χ1) is 12.5. The van der Waals surface area contributed by atoms with Crippen molar-refractivity contribution in [3.05, 3.63) is 35.6 Å². The molecule has 1 amide bonds. The van der Waals surface area contributed by atoms with E-state index < -0.39 is 17.2 Å². The highest BCUT2D eigenvalue weighted by atomic mass is 19.1. The molecule has 1 fully saturated rings. The number of ether oxygens (including phenoxy) is 1. The topological polar surface area (TPSA) is 74.8 Å². The van der Waals surface area contributed by atoms with Gasteiger partial charge in [0.2, 0.25) is 0 Å². The fourth-order valence-electron chi connectivity index (χ4n) is 2.77. The lowest BCUT2D eigenvalue weighted by atomic mass is 10.1. The highest BCUT2D eigenvalue weighted by molar-refractivity contribution is 5.80. The third-order valence-electron chi connectivity index (χ3n) is 4.18. The van der Waals surface area contributed by atoms with Gasteiger partial charge in [-0.15, -0.1) is 0 Å². The first kappa shape index (κ1) is 21.0. The van der Waals surface area contributed by atoms with Gasteiger partial charge in [-0.25, -0.2) is 9.18 Å². The van der Waals surface area contributed by atoms with E-state index >= 15 is 0 Å². The lowest BCUT2D eigenvalue weighted by Gasteiger charge is -2.29. The van der Waals surface area contributed by atoms with Gasteiger partial charge in [-0.3, -0.25) is 4.99 Å². The summed E-state index contributed by atoms with van der Waals surface area (Å²) >= 11 is 0. The van der Waals surface area contributed by atoms with Crippen LogP contribution < -0.4 is 16.0 Å². The SMILES string of the molecule is CN=C(NCC(C)(C)NC(=O)OC(C)(C)C)NC1CC1c1ccccc1F. The Morgan fingerprint density at radius 3 is 2.52 bits per heavy atom. The number of carbonyl (C=O) groups is 1. The minimum Gasteiger partial charge on any atom is -0.444 e. The van der Waals surface area contributed by atoms with Gasteiger partial charge in [0.25, 0.3) is 0 Å². The van der Waals surface area contributed by atoms with Crippen LogP contribution in [-0.4, -0.2) is 42.8 Å². The Morgan fingerprint density at radius 2 is 1.93 bits per heavy atom. The van der Waals surface area contributed by atoms with E-state index in [1.807, 2.05) is 46.8 Å². The molecular formula is C20H31FN4O2. The zero-order chi connectivity index (χ0) is 20.2. The normalized spacial score (nSPS) is 20.0. The van der Waals surface area contributed by atoms with Crippen molar-refractivity contribution in [1.82, 2.24) is 16.0 Å². The number of rotatable bonds is 5. The molecule has 1 aliphatic rings. The van der Waals surface area contributed by atoms with Gasteiger partial charge in [0, 0.05) is 25.6 Å². The predicted molar refractivity (Wildman–Crippen MR) is 105 cm³/mol. The van der Waals surface area contributed by atoms with E-state index in [2.05, 4.69) is 20.9 Å². The molecule has 0 radical (unpaired) electrons. The van der Waals surface area contributed by atoms with Crippen molar-refractivity contribution in [1.29, 1.82) is 0 Å². The van der Waals surface area contributed by atoms with Crippen LogP contribution in [0.5, 0.6) is 0 Å². The number of halogens is 1. The van der Waals surface area contributed by atoms with Crippen molar-refractivity contribution in [3.63, 3.8) is 0 Å². The quantitative estimate of drug-likeness (QED) is 0.544. The number of amides is 1. The molecule has 1 aromatic carbocycles. The molecule has 0 saturated heterocycles. The summed E-state index contributed by atoms with van der Waals surface area (Å²) in [6.45, 7) is 9.73. The standard InChI is InChI=1S/C20H31FN4O2/c1-19(2,3)27-18(26)25-20(4,5)12-23-17(22-6)24-16-11-14(16)13-9-7-8-10-15(13)21/h7-10,14,16H,11-12H2,1-6H3,(H,25,26)(H2,22,23,24). The van der Waals surface area contributed by atoms with E-state index in [1.165, 1.54) is 6.07 Å². The molecule has 0 bridgehead atoms. The van der Waals surface area contributed by atoms with Crippen LogP contribution in [-0.2, 0) is 4.74 Å². The Kier molecular flexibility index (Phi) is 6.34. The van der Waals surface area contributed by atoms with Gasteiger partial charge in [0.15, 0.2) is 5.96 Å². The number of benzene rings is 1. The molecular weight excluding hydrogens is 347 g/mol. The zero-order valence-electron chi connectivity index (χ0n) is 17.0. The first-order valence-electron chi connectivity index (χ1n) is 9.23. The van der Waals surface area contributed by atoms with Gasteiger partial charge in [0.05, 0.1) is 5.54 Å². The van der Waals surface area contributed by atoms with Gasteiger partial charge in [-0.05, 0) is 52.7 Å². The van der Waals surface area contributed by atoms with Crippen LogP contribution in [0.15, 0.2) is 29.3 Å². The summed E-state index contributed by atoms with van der Waals surface area (Å²) in [7, 11) is 1.68. The first-order valence-corrected chi connectivity index (χ1v) is 9.23. The van der Waals surface area contributed by atoms with Crippen molar-refractivity contribution >= 4 is 12.1 Å². The maximum atomic E-state index is 13.9. The maximum Gasteiger partial charge on any atom is 0.408 e. The molecule has 1 saturated carbocycles. The zero-order valence-corrected chi connectivity index (χ0v) is 17.0. The van der Waals surface area contributed by atoms with Crippen LogP contribution in [0, 0.1) is 5.82 Å². The number of nitrogens with zero attached hydrogens (tertiary/aromatic N) is 1. The summed E-state index contributed by atoms with van der Waals surface area (Å²) in [5.41, 5.74) is -0.342. The van der Waals surface area contributed by atoms with Gasteiger partial charge in [0.1, 0.15) is 11.4 Å². The highest BCUT2D eigenvalue weighted by Crippen LogP contribution is 2.41. The number of hydrogen-bond acceptors (Lipinski definition) is 3. The fourth-order valence-corrected chi connectivity index (χ4v) is 2.77. The second-order valence-electron chi connectivity index (χ2n) is 8.55. The van der Waals surface area contributed by atoms with E-state index in [0.29, 0.717) is 12.5 Å². The number of hydrogen-bond donors (Lipinski definition) is 3. The monoisotopic (exact) mass is 378 g/mol. The highest BCUT2D eigenvalue weighted by Gasteiger charge is 2.40. The number of guanidine groups is 1. The number of alkyl carbamates (subject to hydrolysis) is 1. The Morgan fingerprint density at radius 1 is 1.26 bits per heavy atom. The van der Waals surface area contributed by atoms with E-state index in [0.717, 1.165) is 12.0 Å². The Hall–Kier alpha value is -2.31. The molecule has 150 valence electrons. The summed E-state index contributed by atoms with van der Waals surface area (Å²) in [5, 5.41) is 9.37. The molecule has 6 nitrogen and oxygen atoms in total. The molecule has 2 unspecified atom stereocenters. The van der Waals surface area contributed by atoms with Crippen LogP contribution in [0.2, 0.25) is 0 Å². The molecule has 2 rings (SSSR count). The third kappa shape index (κ3) is 6.73. The second kappa shape index (κ2) is 8.15. The molecule has 1 aliphatic carbocycles. The minimum atomic E-state index is -0.543. The summed E-state index contributed by atoms with van der Waals surface area (Å²) in [4.78, 5) is 16.2. The number of carbonyl (C=O) groups excluding carboxylic acids is 1. The minimum absolute atomic E-state index is 0.148. The Balaban J connectivity index is 1.82. The molecule has 0 aliphatic heterocycles. The molecule has 1 aromatic rings. The lowest BCUT2D eigenvalue weighted by molar-refractivity contribution is 0.0474. The van der Waals surface area contributed by atoms with Crippen molar-refractivity contribution in [2.45, 2.75) is 64.1 Å². The summed E-state index contributed by atoms with van der Waals surface area (Å²) < 4.78 is 19.2. The van der Waals surface area contributed by atoms with Crippen molar-refractivity contribution in [2.75, 3.05) is 13.6 Å². The van der Waals surface area contributed by atoms with E-state index in [9.17, 15) is 9.18 Å². The van der Waals surface area contributed by atoms with Gasteiger partial charge in [-0.2, -0.15) is 0 Å². The number of aliphatic imine (C=N–C) groups is 1. The van der Waals surface area contributed by atoms with Gasteiger partial charge >= 0.3 is 6.09 Å². The Bertz CT molecular complexity index is 697. The fraction of sp³-hybridized carbons (Fsp3) is 0.600. The Labute approximate surface area is 161 Å². The van der Waals surface area contributed by atoms with Crippen molar-refractivity contribution < 1.29 is 13.9 Å². The van der Waals surface area contributed by atoms with Crippen LogP contribution in [0.25, 0.3) is 0 Å². The maximum absolute atomic E-state index is 13.9. The van der Waals surface area contributed by atoms with E-state index in [1.54, 1.807) is 13.1 Å². The van der Waals surface area contributed by atoms with Crippen molar-refractivity contribution in [3.8, 4) is 0 Å².